The smallest absolute Gasteiger partial charge is 0.155 e. The number of hydrogen-bond donors (Lipinski definition) is 0. The van der Waals surface area contributed by atoms with Crippen molar-refractivity contribution < 1.29 is 14.0 Å². The first-order chi connectivity index (χ1) is 10.7. The Balaban J connectivity index is 1.83. The van der Waals surface area contributed by atoms with Gasteiger partial charge in [0, 0.05) is 23.7 Å². The number of carbonyl (C=O) groups excluding carboxylic acids is 2. The predicted octanol–water partition coefficient (Wildman–Crippen LogP) is 4.55. The maximum atomic E-state index is 15.6. The molecule has 23 heavy (non-hydrogen) atoms. The highest BCUT2D eigenvalue weighted by Crippen LogP contribution is 2.69. The molecule has 126 valence electrons. The third kappa shape index (κ3) is 1.79. The molecule has 6 atom stereocenters. The minimum Gasteiger partial charge on any atom is -0.299 e. The number of Topliss-reactive ketones (excluding diaryl/α,β-unsaturated/α-hetero) is 1. The summed E-state index contributed by atoms with van der Waals surface area (Å²) in [4.78, 5) is 24.3. The van der Waals surface area contributed by atoms with Gasteiger partial charge in [-0.2, -0.15) is 0 Å². The number of rotatable bonds is 0. The first kappa shape index (κ1) is 16.0. The second kappa shape index (κ2) is 4.77. The molecule has 4 aliphatic rings. The van der Waals surface area contributed by atoms with Gasteiger partial charge in [0.15, 0.2) is 5.78 Å². The Hall–Kier alpha value is -0.510. The molecule has 0 N–H and O–H groups in total. The molecule has 0 heterocycles. The Bertz CT molecular complexity index is 629. The summed E-state index contributed by atoms with van der Waals surface area (Å²) in [5, 5.41) is 0. The standard InChI is InChI=1S/C19H24BrFO2/c1-17-10-15(21)19(20)14(13(17)5-6-16(17)23)4-3-11-9-12(22)7-8-18(11,19)2/h9,13-15H,3-8,10H2,1-2H3/t13-,14-,15?,17-,18-,19+/m0/s1. The lowest BCUT2D eigenvalue weighted by molar-refractivity contribution is -0.135. The summed E-state index contributed by atoms with van der Waals surface area (Å²) < 4.78 is 14.9. The van der Waals surface area contributed by atoms with Gasteiger partial charge in [0.1, 0.15) is 12.0 Å². The molecule has 0 amide bonds. The highest BCUT2D eigenvalue weighted by Gasteiger charge is 2.69. The molecule has 0 aromatic rings. The van der Waals surface area contributed by atoms with E-state index >= 15 is 4.39 Å². The average Bonchev–Trinajstić information content (AvgIpc) is 2.77. The summed E-state index contributed by atoms with van der Waals surface area (Å²) in [5.74, 6) is 0.888. The van der Waals surface area contributed by atoms with Crippen molar-refractivity contribution in [2.24, 2.45) is 22.7 Å². The number of allylic oxidation sites excluding steroid dienone is 1. The van der Waals surface area contributed by atoms with Crippen molar-refractivity contribution >= 4 is 27.5 Å². The molecule has 0 aliphatic heterocycles. The van der Waals surface area contributed by atoms with Crippen LogP contribution in [0.25, 0.3) is 0 Å². The molecular formula is C19H24BrFO2. The van der Waals surface area contributed by atoms with Crippen LogP contribution in [0.3, 0.4) is 0 Å². The Morgan fingerprint density at radius 1 is 1.13 bits per heavy atom. The van der Waals surface area contributed by atoms with Crippen LogP contribution in [0.5, 0.6) is 0 Å². The van der Waals surface area contributed by atoms with Crippen LogP contribution in [0.4, 0.5) is 4.39 Å². The lowest BCUT2D eigenvalue weighted by Crippen LogP contribution is -2.65. The summed E-state index contributed by atoms with van der Waals surface area (Å²) in [7, 11) is 0. The zero-order valence-corrected chi connectivity index (χ0v) is 15.4. The summed E-state index contributed by atoms with van der Waals surface area (Å²) in [6, 6.07) is 0. The van der Waals surface area contributed by atoms with Crippen molar-refractivity contribution in [3.05, 3.63) is 11.6 Å². The van der Waals surface area contributed by atoms with E-state index in [0.29, 0.717) is 19.3 Å². The molecule has 0 aromatic heterocycles. The van der Waals surface area contributed by atoms with Crippen LogP contribution in [0.2, 0.25) is 0 Å². The number of alkyl halides is 2. The zero-order valence-electron chi connectivity index (χ0n) is 13.8. The van der Waals surface area contributed by atoms with E-state index < -0.39 is 15.9 Å². The van der Waals surface area contributed by atoms with Gasteiger partial charge in [-0.25, -0.2) is 4.39 Å². The molecule has 0 aromatic carbocycles. The second-order valence-corrected chi connectivity index (χ2v) is 9.85. The molecule has 0 saturated heterocycles. The molecule has 0 spiro atoms. The Labute approximate surface area is 145 Å². The molecule has 2 nitrogen and oxygen atoms in total. The normalized spacial score (nSPS) is 52.5. The fourth-order valence-corrected chi connectivity index (χ4v) is 7.44. The molecule has 4 aliphatic carbocycles. The van der Waals surface area contributed by atoms with Crippen LogP contribution in [-0.2, 0) is 9.59 Å². The van der Waals surface area contributed by atoms with Crippen LogP contribution in [0.15, 0.2) is 11.6 Å². The van der Waals surface area contributed by atoms with Crippen LogP contribution in [0, 0.1) is 22.7 Å². The fraction of sp³-hybridized carbons (Fsp3) is 0.789. The Kier molecular flexibility index (Phi) is 3.32. The monoisotopic (exact) mass is 382 g/mol. The van der Waals surface area contributed by atoms with Crippen LogP contribution in [-0.4, -0.2) is 22.1 Å². The lowest BCUT2D eigenvalue weighted by Gasteiger charge is -2.63. The van der Waals surface area contributed by atoms with Crippen LogP contribution < -0.4 is 0 Å². The van der Waals surface area contributed by atoms with E-state index in [2.05, 4.69) is 22.9 Å². The van der Waals surface area contributed by atoms with E-state index in [4.69, 9.17) is 0 Å². The van der Waals surface area contributed by atoms with Crippen molar-refractivity contribution in [2.75, 3.05) is 0 Å². The van der Waals surface area contributed by atoms with E-state index in [-0.39, 0.29) is 28.8 Å². The number of halogens is 2. The topological polar surface area (TPSA) is 34.1 Å². The molecule has 0 bridgehead atoms. The first-order valence-corrected chi connectivity index (χ1v) is 9.63. The van der Waals surface area contributed by atoms with Crippen molar-refractivity contribution in [2.45, 2.75) is 69.3 Å². The van der Waals surface area contributed by atoms with E-state index in [1.54, 1.807) is 6.08 Å². The third-order valence-corrected chi connectivity index (χ3v) is 9.67. The van der Waals surface area contributed by atoms with Gasteiger partial charge in [0.2, 0.25) is 0 Å². The molecule has 0 radical (unpaired) electrons. The quantitative estimate of drug-likeness (QED) is 0.575. The molecule has 3 saturated carbocycles. The minimum atomic E-state index is -1.04. The van der Waals surface area contributed by atoms with Crippen LogP contribution >= 0.6 is 15.9 Å². The highest BCUT2D eigenvalue weighted by atomic mass is 79.9. The fourth-order valence-electron chi connectivity index (χ4n) is 6.28. The Morgan fingerprint density at radius 3 is 2.57 bits per heavy atom. The van der Waals surface area contributed by atoms with Gasteiger partial charge in [-0.1, -0.05) is 35.4 Å². The van der Waals surface area contributed by atoms with Gasteiger partial charge in [-0.05, 0) is 50.0 Å². The highest BCUT2D eigenvalue weighted by molar-refractivity contribution is 9.10. The van der Waals surface area contributed by atoms with Gasteiger partial charge in [-0.3, -0.25) is 9.59 Å². The van der Waals surface area contributed by atoms with E-state index in [9.17, 15) is 9.59 Å². The van der Waals surface area contributed by atoms with Gasteiger partial charge in [-0.15, -0.1) is 0 Å². The number of fused-ring (bicyclic) bond motifs is 5. The maximum absolute atomic E-state index is 15.6. The molecule has 1 unspecified atom stereocenters. The van der Waals surface area contributed by atoms with Gasteiger partial charge in [0.25, 0.3) is 0 Å². The van der Waals surface area contributed by atoms with E-state index in [1.165, 1.54) is 0 Å². The van der Waals surface area contributed by atoms with Crippen molar-refractivity contribution in [1.82, 2.24) is 0 Å². The van der Waals surface area contributed by atoms with Crippen molar-refractivity contribution in [3.63, 3.8) is 0 Å². The summed E-state index contributed by atoms with van der Waals surface area (Å²) in [5.41, 5.74) is 0.331. The summed E-state index contributed by atoms with van der Waals surface area (Å²) >= 11 is 3.90. The summed E-state index contributed by atoms with van der Waals surface area (Å²) in [6.07, 6.45) is 5.54. The van der Waals surface area contributed by atoms with Crippen molar-refractivity contribution in [3.8, 4) is 0 Å². The van der Waals surface area contributed by atoms with E-state index in [1.807, 2.05) is 6.92 Å². The third-order valence-electron chi connectivity index (χ3n) is 7.71. The Morgan fingerprint density at radius 2 is 1.83 bits per heavy atom. The predicted molar refractivity (Wildman–Crippen MR) is 90.2 cm³/mol. The molecule has 4 heteroatoms. The van der Waals surface area contributed by atoms with Gasteiger partial charge >= 0.3 is 0 Å². The van der Waals surface area contributed by atoms with Gasteiger partial charge in [0.05, 0.1) is 4.32 Å². The zero-order chi connectivity index (χ0) is 16.6. The molecule has 4 rings (SSSR count). The van der Waals surface area contributed by atoms with E-state index in [0.717, 1.165) is 31.3 Å². The minimum absolute atomic E-state index is 0.179. The SMILES string of the molecule is C[C@]12CCC(=O)C=C1CC[C@H]1[C@@H]3CCC(=O)[C@@]3(C)CC(F)[C@]12Br. The molecular weight excluding hydrogens is 359 g/mol. The molecule has 3 fully saturated rings. The largest absolute Gasteiger partial charge is 0.299 e. The average molecular weight is 383 g/mol. The number of carbonyl (C=O) groups is 2. The number of hydrogen-bond acceptors (Lipinski definition) is 2. The van der Waals surface area contributed by atoms with Crippen LogP contribution in [0.1, 0.15) is 58.8 Å². The lowest BCUT2D eigenvalue weighted by atomic mass is 9.46. The van der Waals surface area contributed by atoms with Crippen molar-refractivity contribution in [1.29, 1.82) is 0 Å². The number of ketones is 2. The van der Waals surface area contributed by atoms with Gasteiger partial charge < -0.3 is 0 Å². The second-order valence-electron chi connectivity index (χ2n) is 8.54. The maximum Gasteiger partial charge on any atom is 0.155 e. The first-order valence-electron chi connectivity index (χ1n) is 8.83. The summed E-state index contributed by atoms with van der Waals surface area (Å²) in [6.45, 7) is 4.13.